The molecule has 7 heteroatoms. The van der Waals surface area contributed by atoms with Gasteiger partial charge in [-0.1, -0.05) is 23.7 Å². The average Bonchev–Trinajstić information content (AvgIpc) is 3.14. The second-order valence-electron chi connectivity index (χ2n) is 6.51. The number of aromatic nitrogens is 2. The molecule has 0 unspecified atom stereocenters. The highest BCUT2D eigenvalue weighted by Crippen LogP contribution is 2.42. The van der Waals surface area contributed by atoms with Crippen molar-refractivity contribution in [3.63, 3.8) is 0 Å². The highest BCUT2D eigenvalue weighted by atomic mass is 35.5. The number of aryl methyl sites for hydroxylation is 2. The van der Waals surface area contributed by atoms with Crippen LogP contribution in [0.15, 0.2) is 41.8 Å². The number of benzene rings is 2. The quantitative estimate of drug-likeness (QED) is 0.367. The van der Waals surface area contributed by atoms with Crippen LogP contribution < -0.4 is 14.2 Å². The second-order valence-corrected chi connectivity index (χ2v) is 7.78. The fourth-order valence-electron chi connectivity index (χ4n) is 3.09. The minimum absolute atomic E-state index is 0.478. The molecule has 0 aliphatic heterocycles. The molecule has 0 radical (unpaired) electrons. The number of hydrogen-bond acceptors (Lipinski definition) is 6. The number of fused-ring (bicyclic) bond motifs is 1. The minimum atomic E-state index is 0.478. The van der Waals surface area contributed by atoms with Crippen molar-refractivity contribution in [2.75, 3.05) is 14.2 Å². The Kier molecular flexibility index (Phi) is 5.30. The van der Waals surface area contributed by atoms with Gasteiger partial charge in [0.1, 0.15) is 16.4 Å². The van der Waals surface area contributed by atoms with Gasteiger partial charge in [-0.3, -0.25) is 0 Å². The smallest absolute Gasteiger partial charge is 0.232 e. The zero-order valence-electron chi connectivity index (χ0n) is 16.4. The van der Waals surface area contributed by atoms with Gasteiger partial charge in [0.15, 0.2) is 11.5 Å². The summed E-state index contributed by atoms with van der Waals surface area (Å²) in [5, 5.41) is 3.42. The van der Waals surface area contributed by atoms with Crippen LogP contribution in [0.1, 0.15) is 11.4 Å². The topological polar surface area (TPSA) is 53.5 Å². The largest absolute Gasteiger partial charge is 0.493 e. The molecule has 0 bridgehead atoms. The van der Waals surface area contributed by atoms with E-state index in [4.69, 9.17) is 25.8 Å². The highest BCUT2D eigenvalue weighted by molar-refractivity contribution is 7.17. The van der Waals surface area contributed by atoms with Gasteiger partial charge in [-0.15, -0.1) is 11.3 Å². The van der Waals surface area contributed by atoms with Crippen LogP contribution in [0, 0.1) is 13.8 Å². The van der Waals surface area contributed by atoms with Crippen molar-refractivity contribution >= 4 is 33.2 Å². The van der Waals surface area contributed by atoms with E-state index in [2.05, 4.69) is 9.97 Å². The van der Waals surface area contributed by atoms with Crippen LogP contribution in [0.5, 0.6) is 23.1 Å². The lowest BCUT2D eigenvalue weighted by Gasteiger charge is -2.12. The molecule has 0 atom stereocenters. The van der Waals surface area contributed by atoms with E-state index in [9.17, 15) is 0 Å². The Bertz CT molecular complexity index is 1210. The summed E-state index contributed by atoms with van der Waals surface area (Å²) < 4.78 is 17.0. The summed E-state index contributed by atoms with van der Waals surface area (Å²) in [7, 11) is 3.24. The average molecular weight is 427 g/mol. The van der Waals surface area contributed by atoms with E-state index >= 15 is 0 Å². The lowest BCUT2D eigenvalue weighted by molar-refractivity contribution is 0.355. The number of nitrogens with zero attached hydrogens (tertiary/aromatic N) is 2. The van der Waals surface area contributed by atoms with Gasteiger partial charge in [0.2, 0.25) is 5.88 Å². The first-order chi connectivity index (χ1) is 14.0. The number of rotatable bonds is 5. The predicted octanol–water partition coefficient (Wildman–Crippen LogP) is 6.44. The highest BCUT2D eigenvalue weighted by Gasteiger charge is 2.18. The van der Waals surface area contributed by atoms with Crippen LogP contribution in [0.25, 0.3) is 21.3 Å². The lowest BCUT2D eigenvalue weighted by atomic mass is 10.1. The van der Waals surface area contributed by atoms with Crippen LogP contribution in [-0.2, 0) is 0 Å². The van der Waals surface area contributed by atoms with Crippen molar-refractivity contribution in [1.29, 1.82) is 0 Å². The molecule has 2 heterocycles. The van der Waals surface area contributed by atoms with Crippen molar-refractivity contribution in [3.05, 3.63) is 58.2 Å². The predicted molar refractivity (Wildman–Crippen MR) is 117 cm³/mol. The van der Waals surface area contributed by atoms with Gasteiger partial charge < -0.3 is 14.2 Å². The van der Waals surface area contributed by atoms with E-state index < -0.39 is 0 Å². The van der Waals surface area contributed by atoms with E-state index in [1.54, 1.807) is 25.6 Å². The molecule has 4 aromatic rings. The lowest BCUT2D eigenvalue weighted by Crippen LogP contribution is -1.95. The maximum Gasteiger partial charge on any atom is 0.232 e. The molecule has 0 amide bonds. The van der Waals surface area contributed by atoms with Crippen molar-refractivity contribution in [2.45, 2.75) is 13.8 Å². The zero-order chi connectivity index (χ0) is 20.5. The van der Waals surface area contributed by atoms with Crippen LogP contribution in [0.4, 0.5) is 0 Å². The third kappa shape index (κ3) is 3.73. The molecule has 148 valence electrons. The molecule has 5 nitrogen and oxygen atoms in total. The van der Waals surface area contributed by atoms with Gasteiger partial charge in [0.25, 0.3) is 0 Å². The third-order valence-corrected chi connectivity index (χ3v) is 5.68. The van der Waals surface area contributed by atoms with Gasteiger partial charge in [-0.2, -0.15) is 4.98 Å². The maximum atomic E-state index is 6.34. The van der Waals surface area contributed by atoms with Crippen LogP contribution in [0.2, 0.25) is 5.02 Å². The SMILES string of the molecule is COc1ccc(-c2csc3nc(C)nc(Oc4cc(C)ccc4Cl)c23)cc1OC. The standard InChI is InChI=1S/C22H19ClN2O3S/c1-12-5-7-16(23)18(9-12)28-21-20-15(11-29-22(20)25-13(2)24-21)14-6-8-17(26-3)19(10-14)27-4/h5-11H,1-4H3. The molecule has 4 rings (SSSR count). The molecule has 29 heavy (non-hydrogen) atoms. The number of hydrogen-bond donors (Lipinski definition) is 0. The summed E-state index contributed by atoms with van der Waals surface area (Å²) in [6.45, 7) is 3.84. The Balaban J connectivity index is 1.88. The van der Waals surface area contributed by atoms with Gasteiger partial charge in [-0.05, 0) is 49.2 Å². The fraction of sp³-hybridized carbons (Fsp3) is 0.182. The fourth-order valence-corrected chi connectivity index (χ4v) is 4.23. The number of halogens is 1. The Morgan fingerprint density at radius 2 is 1.69 bits per heavy atom. The van der Waals surface area contributed by atoms with Crippen molar-refractivity contribution in [2.24, 2.45) is 0 Å². The van der Waals surface area contributed by atoms with Gasteiger partial charge in [0, 0.05) is 10.9 Å². The maximum absolute atomic E-state index is 6.34. The van der Waals surface area contributed by atoms with E-state index in [0.29, 0.717) is 34.0 Å². The molecule has 2 aromatic carbocycles. The Labute approximate surface area is 177 Å². The Hall–Kier alpha value is -2.83. The van der Waals surface area contributed by atoms with Crippen molar-refractivity contribution < 1.29 is 14.2 Å². The minimum Gasteiger partial charge on any atom is -0.493 e. The molecule has 0 saturated heterocycles. The summed E-state index contributed by atoms with van der Waals surface area (Å²) in [6.07, 6.45) is 0. The summed E-state index contributed by atoms with van der Waals surface area (Å²) >= 11 is 7.89. The summed E-state index contributed by atoms with van der Waals surface area (Å²) in [5.74, 6) is 3.01. The van der Waals surface area contributed by atoms with Gasteiger partial charge in [-0.25, -0.2) is 4.98 Å². The van der Waals surface area contributed by atoms with Crippen molar-refractivity contribution in [3.8, 4) is 34.3 Å². The molecule has 0 N–H and O–H groups in total. The number of methoxy groups -OCH3 is 2. The molecule has 0 aliphatic carbocycles. The van der Waals surface area contributed by atoms with Crippen molar-refractivity contribution in [1.82, 2.24) is 9.97 Å². The van der Waals surface area contributed by atoms with Crippen LogP contribution >= 0.6 is 22.9 Å². The molecule has 0 aliphatic rings. The number of thiophene rings is 1. The molecule has 0 saturated carbocycles. The first kappa shape index (κ1) is 19.5. The first-order valence-electron chi connectivity index (χ1n) is 8.92. The summed E-state index contributed by atoms with van der Waals surface area (Å²) in [4.78, 5) is 9.99. The van der Waals surface area contributed by atoms with Gasteiger partial charge >= 0.3 is 0 Å². The second kappa shape index (κ2) is 7.89. The molecular weight excluding hydrogens is 408 g/mol. The molecule has 0 fully saturated rings. The van der Waals surface area contributed by atoms with E-state index in [-0.39, 0.29) is 0 Å². The van der Waals surface area contributed by atoms with E-state index in [1.165, 1.54) is 0 Å². The molecule has 2 aromatic heterocycles. The van der Waals surface area contributed by atoms with E-state index in [0.717, 1.165) is 26.9 Å². The van der Waals surface area contributed by atoms with Gasteiger partial charge in [0.05, 0.1) is 24.6 Å². The molecule has 0 spiro atoms. The van der Waals surface area contributed by atoms with Crippen LogP contribution in [0.3, 0.4) is 0 Å². The first-order valence-corrected chi connectivity index (χ1v) is 10.2. The van der Waals surface area contributed by atoms with Crippen LogP contribution in [-0.4, -0.2) is 24.2 Å². The monoisotopic (exact) mass is 426 g/mol. The summed E-state index contributed by atoms with van der Waals surface area (Å²) in [6, 6.07) is 11.4. The Morgan fingerprint density at radius 3 is 2.45 bits per heavy atom. The molecular formula is C22H19ClN2O3S. The summed E-state index contributed by atoms with van der Waals surface area (Å²) in [5.41, 5.74) is 2.98. The van der Waals surface area contributed by atoms with E-state index in [1.807, 2.05) is 55.6 Å². The number of ether oxygens (including phenoxy) is 3. The third-order valence-electron chi connectivity index (χ3n) is 4.50. The normalized spacial score (nSPS) is 10.9. The zero-order valence-corrected chi connectivity index (χ0v) is 18.0. The Morgan fingerprint density at radius 1 is 0.897 bits per heavy atom.